The molecule has 0 saturated carbocycles. The third-order valence-corrected chi connectivity index (χ3v) is 1.76. The van der Waals surface area contributed by atoms with E-state index in [2.05, 4.69) is 15.4 Å². The van der Waals surface area contributed by atoms with Crippen molar-refractivity contribution in [1.82, 2.24) is 0 Å². The summed E-state index contributed by atoms with van der Waals surface area (Å²) in [5, 5.41) is 5.05. The number of nitrogens with one attached hydrogen (secondary N) is 2. The first-order valence-electron chi connectivity index (χ1n) is 4.60. The Labute approximate surface area is 92.8 Å². The number of rotatable bonds is 3. The zero-order chi connectivity index (χ0) is 12.0. The highest BCUT2D eigenvalue weighted by atomic mass is 16.5. The summed E-state index contributed by atoms with van der Waals surface area (Å²) in [5.41, 5.74) is 6.25. The number of ether oxygens (including phenoxy) is 1. The molecule has 0 aliphatic carbocycles. The van der Waals surface area contributed by atoms with Gasteiger partial charge in [-0.2, -0.15) is 0 Å². The second kappa shape index (κ2) is 5.72. The Balaban J connectivity index is 2.71. The minimum atomic E-state index is -0.567. The Morgan fingerprint density at radius 2 is 1.94 bits per heavy atom. The maximum Gasteiger partial charge on any atom is 0.411 e. The molecule has 0 spiro atoms. The molecule has 1 aromatic rings. The van der Waals surface area contributed by atoms with Crippen LogP contribution in [0, 0.1) is 0 Å². The van der Waals surface area contributed by atoms with E-state index in [1.807, 2.05) is 0 Å². The molecule has 86 valence electrons. The molecule has 0 aliphatic heterocycles. The molecule has 0 fully saturated rings. The average molecular weight is 223 g/mol. The average Bonchev–Trinajstić information content (AvgIpc) is 2.29. The Bertz CT molecular complexity index is 359. The monoisotopic (exact) mass is 223 g/mol. The first-order valence-corrected chi connectivity index (χ1v) is 4.60. The molecule has 1 aromatic carbocycles. The van der Waals surface area contributed by atoms with Crippen molar-refractivity contribution >= 4 is 23.4 Å². The topological polar surface area (TPSA) is 93.5 Å². The van der Waals surface area contributed by atoms with Crippen LogP contribution in [-0.4, -0.2) is 25.7 Å². The summed E-state index contributed by atoms with van der Waals surface area (Å²) in [4.78, 5) is 22.0. The Morgan fingerprint density at radius 3 is 2.50 bits per heavy atom. The molecule has 6 nitrogen and oxygen atoms in total. The number of carbonyl (C=O) groups is 2. The normalized spacial score (nSPS) is 9.38. The minimum absolute atomic E-state index is 0.0886. The third-order valence-electron chi connectivity index (χ3n) is 1.76. The van der Waals surface area contributed by atoms with Gasteiger partial charge in [0, 0.05) is 11.4 Å². The number of hydrogen-bond acceptors (Lipinski definition) is 4. The highest BCUT2D eigenvalue weighted by Crippen LogP contribution is 2.14. The SMILES string of the molecule is COC(=O)Nc1cccc(NC(=O)CN)c1. The fraction of sp³-hybridized carbons (Fsp3) is 0.200. The molecule has 0 aliphatic rings. The van der Waals surface area contributed by atoms with Gasteiger partial charge in [-0.25, -0.2) is 4.79 Å². The summed E-state index contributed by atoms with van der Waals surface area (Å²) in [6.07, 6.45) is -0.567. The number of benzene rings is 1. The standard InChI is InChI=1S/C10H13N3O3/c1-16-10(15)13-8-4-2-3-7(5-8)12-9(14)6-11/h2-5H,6,11H2,1H3,(H,12,14)(H,13,15). The van der Waals surface area contributed by atoms with Gasteiger partial charge in [-0.1, -0.05) is 6.07 Å². The molecule has 1 rings (SSSR count). The van der Waals surface area contributed by atoms with Gasteiger partial charge in [0.15, 0.2) is 0 Å². The maximum absolute atomic E-state index is 11.0. The largest absolute Gasteiger partial charge is 0.453 e. The lowest BCUT2D eigenvalue weighted by Crippen LogP contribution is -2.21. The van der Waals surface area contributed by atoms with Gasteiger partial charge < -0.3 is 15.8 Å². The highest BCUT2D eigenvalue weighted by molar-refractivity contribution is 5.93. The number of carbonyl (C=O) groups excluding carboxylic acids is 2. The van der Waals surface area contributed by atoms with Gasteiger partial charge in [0.1, 0.15) is 0 Å². The Morgan fingerprint density at radius 1 is 1.31 bits per heavy atom. The quantitative estimate of drug-likeness (QED) is 0.705. The molecule has 0 aromatic heterocycles. The molecule has 0 saturated heterocycles. The zero-order valence-electron chi connectivity index (χ0n) is 8.82. The van der Waals surface area contributed by atoms with E-state index in [0.29, 0.717) is 11.4 Å². The summed E-state index contributed by atoms with van der Waals surface area (Å²) in [6, 6.07) is 6.66. The van der Waals surface area contributed by atoms with Crippen LogP contribution in [0.1, 0.15) is 0 Å². The van der Waals surface area contributed by atoms with Crippen LogP contribution in [-0.2, 0) is 9.53 Å². The summed E-state index contributed by atoms with van der Waals surface area (Å²) >= 11 is 0. The molecule has 6 heteroatoms. The van der Waals surface area contributed by atoms with E-state index < -0.39 is 6.09 Å². The van der Waals surface area contributed by atoms with Gasteiger partial charge in [-0.05, 0) is 18.2 Å². The van der Waals surface area contributed by atoms with E-state index in [-0.39, 0.29) is 12.5 Å². The first kappa shape index (κ1) is 12.0. The highest BCUT2D eigenvalue weighted by Gasteiger charge is 2.03. The van der Waals surface area contributed by atoms with Crippen molar-refractivity contribution in [2.75, 3.05) is 24.3 Å². The number of hydrogen-bond donors (Lipinski definition) is 3. The lowest BCUT2D eigenvalue weighted by Gasteiger charge is -2.07. The predicted octanol–water partition coefficient (Wildman–Crippen LogP) is 0.762. The number of methoxy groups -OCH3 is 1. The fourth-order valence-corrected chi connectivity index (χ4v) is 1.06. The summed E-state index contributed by atoms with van der Waals surface area (Å²) < 4.78 is 4.44. The second-order valence-electron chi connectivity index (χ2n) is 2.95. The van der Waals surface area contributed by atoms with Crippen molar-refractivity contribution in [3.05, 3.63) is 24.3 Å². The Hall–Kier alpha value is -2.08. The molecule has 0 bridgehead atoms. The van der Waals surface area contributed by atoms with Crippen molar-refractivity contribution in [1.29, 1.82) is 0 Å². The van der Waals surface area contributed by atoms with E-state index in [0.717, 1.165) is 0 Å². The lowest BCUT2D eigenvalue weighted by molar-refractivity contribution is -0.114. The van der Waals surface area contributed by atoms with Crippen LogP contribution in [0.2, 0.25) is 0 Å². The molecule has 0 heterocycles. The van der Waals surface area contributed by atoms with E-state index in [1.165, 1.54) is 7.11 Å². The predicted molar refractivity (Wildman–Crippen MR) is 60.2 cm³/mol. The van der Waals surface area contributed by atoms with E-state index in [9.17, 15) is 9.59 Å². The van der Waals surface area contributed by atoms with Crippen LogP contribution in [0.3, 0.4) is 0 Å². The van der Waals surface area contributed by atoms with Gasteiger partial charge in [-0.15, -0.1) is 0 Å². The second-order valence-corrected chi connectivity index (χ2v) is 2.95. The third kappa shape index (κ3) is 3.58. The van der Waals surface area contributed by atoms with Gasteiger partial charge in [-0.3, -0.25) is 10.1 Å². The van der Waals surface area contributed by atoms with E-state index >= 15 is 0 Å². The van der Waals surface area contributed by atoms with E-state index in [4.69, 9.17) is 5.73 Å². The van der Waals surface area contributed by atoms with Gasteiger partial charge >= 0.3 is 6.09 Å². The lowest BCUT2D eigenvalue weighted by atomic mass is 10.2. The number of nitrogens with two attached hydrogens (primary N) is 1. The molecule has 0 atom stereocenters. The zero-order valence-corrected chi connectivity index (χ0v) is 8.82. The van der Waals surface area contributed by atoms with Crippen molar-refractivity contribution < 1.29 is 14.3 Å². The van der Waals surface area contributed by atoms with Crippen LogP contribution in [0.25, 0.3) is 0 Å². The molecular weight excluding hydrogens is 210 g/mol. The van der Waals surface area contributed by atoms with Crippen LogP contribution in [0.5, 0.6) is 0 Å². The van der Waals surface area contributed by atoms with E-state index in [1.54, 1.807) is 24.3 Å². The van der Waals surface area contributed by atoms with Crippen LogP contribution in [0.4, 0.5) is 16.2 Å². The molecule has 2 amide bonds. The van der Waals surface area contributed by atoms with Crippen molar-refractivity contribution in [3.8, 4) is 0 Å². The molecule has 0 unspecified atom stereocenters. The number of anilines is 2. The fourth-order valence-electron chi connectivity index (χ4n) is 1.06. The molecule has 4 N–H and O–H groups in total. The summed E-state index contributed by atoms with van der Waals surface area (Å²) in [5.74, 6) is -0.296. The van der Waals surface area contributed by atoms with Gasteiger partial charge in [0.25, 0.3) is 0 Å². The molecule has 16 heavy (non-hydrogen) atoms. The number of amides is 2. The van der Waals surface area contributed by atoms with Crippen LogP contribution >= 0.6 is 0 Å². The van der Waals surface area contributed by atoms with Crippen molar-refractivity contribution in [2.24, 2.45) is 5.73 Å². The van der Waals surface area contributed by atoms with Gasteiger partial charge in [0.05, 0.1) is 13.7 Å². The summed E-state index contributed by atoms with van der Waals surface area (Å²) in [6.45, 7) is -0.0886. The van der Waals surface area contributed by atoms with Crippen LogP contribution in [0.15, 0.2) is 24.3 Å². The van der Waals surface area contributed by atoms with Crippen molar-refractivity contribution in [3.63, 3.8) is 0 Å². The molecular formula is C10H13N3O3. The maximum atomic E-state index is 11.0. The first-order chi connectivity index (χ1) is 7.65. The summed E-state index contributed by atoms with van der Waals surface area (Å²) in [7, 11) is 1.27. The minimum Gasteiger partial charge on any atom is -0.453 e. The van der Waals surface area contributed by atoms with Crippen molar-refractivity contribution in [2.45, 2.75) is 0 Å². The Kier molecular flexibility index (Phi) is 4.28. The molecule has 0 radical (unpaired) electrons. The van der Waals surface area contributed by atoms with Crippen LogP contribution < -0.4 is 16.4 Å². The van der Waals surface area contributed by atoms with Gasteiger partial charge in [0.2, 0.25) is 5.91 Å². The smallest absolute Gasteiger partial charge is 0.411 e.